The van der Waals surface area contributed by atoms with Crippen molar-refractivity contribution >= 4 is 5.78 Å². The summed E-state index contributed by atoms with van der Waals surface area (Å²) in [6, 6.07) is 30.7. The molecule has 142 valence electrons. The first-order valence-corrected chi connectivity index (χ1v) is 9.92. The quantitative estimate of drug-likeness (QED) is 0.345. The molecule has 0 fully saturated rings. The first kappa shape index (κ1) is 18.9. The molecule has 0 N–H and O–H groups in total. The molecule has 0 heterocycles. The van der Waals surface area contributed by atoms with Crippen LogP contribution in [0.5, 0.6) is 0 Å². The monoisotopic (exact) mass is 376 g/mol. The Hall–Kier alpha value is -3.45. The molecule has 4 rings (SSSR count). The maximum atomic E-state index is 13.8. The Morgan fingerprint density at radius 1 is 0.621 bits per heavy atom. The van der Waals surface area contributed by atoms with Crippen molar-refractivity contribution in [3.63, 3.8) is 0 Å². The van der Waals surface area contributed by atoms with E-state index in [2.05, 4.69) is 49.4 Å². The summed E-state index contributed by atoms with van der Waals surface area (Å²) < 4.78 is 0. The molecule has 0 aliphatic rings. The predicted molar refractivity (Wildman–Crippen MR) is 121 cm³/mol. The molecule has 1 nitrogen and oxygen atoms in total. The van der Waals surface area contributed by atoms with Gasteiger partial charge in [0.25, 0.3) is 0 Å². The summed E-state index contributed by atoms with van der Waals surface area (Å²) in [5, 5.41) is 0. The number of ketones is 1. The predicted octanol–water partition coefficient (Wildman–Crippen LogP) is 7.18. The van der Waals surface area contributed by atoms with Gasteiger partial charge in [-0.1, -0.05) is 96.6 Å². The summed E-state index contributed by atoms with van der Waals surface area (Å²) >= 11 is 0. The molecular formula is C28H24O. The Labute approximate surface area is 172 Å². The Kier molecular flexibility index (Phi) is 5.14. The third-order valence-electron chi connectivity index (χ3n) is 5.36. The lowest BCUT2D eigenvalue weighted by Gasteiger charge is -2.17. The van der Waals surface area contributed by atoms with Crippen LogP contribution < -0.4 is 0 Å². The molecule has 0 saturated heterocycles. The SMILES string of the molecule is Cc1cc(C)c(C(=O)c2cccc(-c3ccccc3)c2-c2ccccc2)c(C)c1. The number of hydrogen-bond donors (Lipinski definition) is 0. The van der Waals surface area contributed by atoms with Crippen LogP contribution in [0, 0.1) is 20.8 Å². The second-order valence-corrected chi connectivity index (χ2v) is 7.56. The highest BCUT2D eigenvalue weighted by Crippen LogP contribution is 2.36. The molecule has 0 radical (unpaired) electrons. The molecule has 0 aliphatic carbocycles. The number of carbonyl (C=O) groups is 1. The van der Waals surface area contributed by atoms with E-state index >= 15 is 0 Å². The molecule has 0 spiro atoms. The average molecular weight is 376 g/mol. The van der Waals surface area contributed by atoms with Crippen molar-refractivity contribution in [3.05, 3.63) is 119 Å². The van der Waals surface area contributed by atoms with Gasteiger partial charge in [-0.3, -0.25) is 4.79 Å². The smallest absolute Gasteiger partial charge is 0.194 e. The summed E-state index contributed by atoms with van der Waals surface area (Å²) in [4.78, 5) is 13.8. The molecule has 4 aromatic rings. The number of carbonyl (C=O) groups excluding carboxylic acids is 1. The van der Waals surface area contributed by atoms with Crippen LogP contribution in [0.4, 0.5) is 0 Å². The summed E-state index contributed by atoms with van der Waals surface area (Å²) in [6.45, 7) is 6.12. The fraction of sp³-hybridized carbons (Fsp3) is 0.107. The van der Waals surface area contributed by atoms with Crippen molar-refractivity contribution in [1.82, 2.24) is 0 Å². The molecule has 0 aliphatic heterocycles. The minimum atomic E-state index is 0.0802. The van der Waals surface area contributed by atoms with Gasteiger partial charge < -0.3 is 0 Å². The van der Waals surface area contributed by atoms with E-state index in [0.717, 1.165) is 44.5 Å². The molecule has 0 bridgehead atoms. The lowest BCUT2D eigenvalue weighted by molar-refractivity contribution is 0.103. The normalized spacial score (nSPS) is 10.7. The van der Waals surface area contributed by atoms with Crippen LogP contribution in [0.15, 0.2) is 91.0 Å². The van der Waals surface area contributed by atoms with E-state index in [1.54, 1.807) is 0 Å². The van der Waals surface area contributed by atoms with E-state index in [9.17, 15) is 4.79 Å². The summed E-state index contributed by atoms with van der Waals surface area (Å²) in [5.41, 5.74) is 9.00. The minimum absolute atomic E-state index is 0.0802. The van der Waals surface area contributed by atoms with Gasteiger partial charge in [-0.15, -0.1) is 0 Å². The minimum Gasteiger partial charge on any atom is -0.289 e. The molecule has 1 heteroatoms. The van der Waals surface area contributed by atoms with Crippen LogP contribution in [0.25, 0.3) is 22.3 Å². The molecule has 0 aromatic heterocycles. The van der Waals surface area contributed by atoms with E-state index in [0.29, 0.717) is 0 Å². The average Bonchev–Trinajstić information content (AvgIpc) is 2.73. The van der Waals surface area contributed by atoms with Gasteiger partial charge in [0, 0.05) is 16.7 Å². The first-order chi connectivity index (χ1) is 14.1. The van der Waals surface area contributed by atoms with E-state index in [1.165, 1.54) is 5.56 Å². The second-order valence-electron chi connectivity index (χ2n) is 7.56. The van der Waals surface area contributed by atoms with Crippen LogP contribution in [0.1, 0.15) is 32.6 Å². The van der Waals surface area contributed by atoms with Crippen LogP contribution in [0.2, 0.25) is 0 Å². The van der Waals surface area contributed by atoms with E-state index < -0.39 is 0 Å². The Balaban J connectivity index is 1.99. The third kappa shape index (κ3) is 3.64. The molecule has 0 atom stereocenters. The Morgan fingerprint density at radius 2 is 1.17 bits per heavy atom. The van der Waals surface area contributed by atoms with Crippen molar-refractivity contribution in [3.8, 4) is 22.3 Å². The second kappa shape index (κ2) is 7.89. The number of benzene rings is 4. The van der Waals surface area contributed by atoms with E-state index in [-0.39, 0.29) is 5.78 Å². The zero-order valence-corrected chi connectivity index (χ0v) is 17.1. The molecule has 29 heavy (non-hydrogen) atoms. The fourth-order valence-corrected chi connectivity index (χ4v) is 4.19. The van der Waals surface area contributed by atoms with Crippen LogP contribution >= 0.6 is 0 Å². The van der Waals surface area contributed by atoms with Gasteiger partial charge in [0.2, 0.25) is 0 Å². The van der Waals surface area contributed by atoms with Gasteiger partial charge in [0.05, 0.1) is 0 Å². The maximum absolute atomic E-state index is 13.8. The molecule has 4 aromatic carbocycles. The summed E-state index contributed by atoms with van der Waals surface area (Å²) in [6.07, 6.45) is 0. The van der Waals surface area contributed by atoms with Gasteiger partial charge in [-0.2, -0.15) is 0 Å². The van der Waals surface area contributed by atoms with Crippen LogP contribution in [-0.4, -0.2) is 5.78 Å². The molecular weight excluding hydrogens is 352 g/mol. The lowest BCUT2D eigenvalue weighted by atomic mass is 9.85. The van der Waals surface area contributed by atoms with Crippen LogP contribution in [0.3, 0.4) is 0 Å². The number of aryl methyl sites for hydroxylation is 3. The third-order valence-corrected chi connectivity index (χ3v) is 5.36. The van der Waals surface area contributed by atoms with Crippen molar-refractivity contribution < 1.29 is 4.79 Å². The summed E-state index contributed by atoms with van der Waals surface area (Å²) in [5.74, 6) is 0.0802. The standard InChI is InChI=1S/C28H24O/c1-19-17-20(2)26(21(3)18-19)28(29)25-16-10-15-24(22-11-6-4-7-12-22)27(25)23-13-8-5-9-14-23/h4-18H,1-3H3. The van der Waals surface area contributed by atoms with Gasteiger partial charge in [-0.05, 0) is 48.6 Å². The topological polar surface area (TPSA) is 17.1 Å². The highest BCUT2D eigenvalue weighted by Gasteiger charge is 2.21. The zero-order valence-electron chi connectivity index (χ0n) is 17.1. The highest BCUT2D eigenvalue weighted by molar-refractivity contribution is 6.16. The maximum Gasteiger partial charge on any atom is 0.194 e. The van der Waals surface area contributed by atoms with Gasteiger partial charge in [0.15, 0.2) is 5.78 Å². The zero-order chi connectivity index (χ0) is 20.4. The largest absolute Gasteiger partial charge is 0.289 e. The van der Waals surface area contributed by atoms with Crippen molar-refractivity contribution in [2.45, 2.75) is 20.8 Å². The Bertz CT molecular complexity index is 1150. The van der Waals surface area contributed by atoms with Crippen molar-refractivity contribution in [2.24, 2.45) is 0 Å². The van der Waals surface area contributed by atoms with Gasteiger partial charge >= 0.3 is 0 Å². The van der Waals surface area contributed by atoms with Crippen molar-refractivity contribution in [2.75, 3.05) is 0 Å². The number of rotatable bonds is 4. The van der Waals surface area contributed by atoms with Gasteiger partial charge in [0.1, 0.15) is 0 Å². The fourth-order valence-electron chi connectivity index (χ4n) is 4.19. The van der Waals surface area contributed by atoms with E-state index in [4.69, 9.17) is 0 Å². The van der Waals surface area contributed by atoms with E-state index in [1.807, 2.05) is 62.4 Å². The van der Waals surface area contributed by atoms with Gasteiger partial charge in [-0.25, -0.2) is 0 Å². The highest BCUT2D eigenvalue weighted by atomic mass is 16.1. The lowest BCUT2D eigenvalue weighted by Crippen LogP contribution is -2.09. The summed E-state index contributed by atoms with van der Waals surface area (Å²) in [7, 11) is 0. The molecule has 0 saturated carbocycles. The number of hydrogen-bond acceptors (Lipinski definition) is 1. The molecule has 0 unspecified atom stereocenters. The molecule has 0 amide bonds. The first-order valence-electron chi connectivity index (χ1n) is 9.92. The van der Waals surface area contributed by atoms with Crippen LogP contribution in [-0.2, 0) is 0 Å². The Morgan fingerprint density at radius 3 is 1.76 bits per heavy atom. The van der Waals surface area contributed by atoms with Crippen molar-refractivity contribution in [1.29, 1.82) is 0 Å².